The summed E-state index contributed by atoms with van der Waals surface area (Å²) in [6, 6.07) is 0. The monoisotopic (exact) mass is 158 g/mol. The second kappa shape index (κ2) is 3.11. The number of allylic oxidation sites excluding steroid dienone is 4. The summed E-state index contributed by atoms with van der Waals surface area (Å²) in [5.74, 6) is 1.03. The molecule has 0 amide bonds. The number of hydrogen-bond donors (Lipinski definition) is 0. The van der Waals surface area contributed by atoms with Gasteiger partial charge in [0.1, 0.15) is 0 Å². The minimum Gasteiger partial charge on any atom is -0.501 e. The summed E-state index contributed by atoms with van der Waals surface area (Å²) < 4.78 is 5.08. The van der Waals surface area contributed by atoms with Gasteiger partial charge in [0.25, 0.3) is 0 Å². The van der Waals surface area contributed by atoms with Crippen molar-refractivity contribution in [1.82, 2.24) is 0 Å². The van der Waals surface area contributed by atoms with Crippen molar-refractivity contribution in [2.24, 2.45) is 0 Å². The van der Waals surface area contributed by atoms with E-state index in [0.717, 1.165) is 29.2 Å². The lowest BCUT2D eigenvalue weighted by atomic mass is 10.1. The largest absolute Gasteiger partial charge is 0.501 e. The number of hydrogen-bond acceptors (Lipinski definition) is 1. The minimum absolute atomic E-state index is 0.924. The maximum Gasteiger partial charge on any atom is 0.0962 e. The molecule has 0 bridgehead atoms. The zero-order valence-electron chi connectivity index (χ0n) is 6.28. The SMILES string of the molecule is COC1=CC(C)=C(Cl)CC1. The smallest absolute Gasteiger partial charge is 0.0962 e. The molecule has 1 nitrogen and oxygen atoms in total. The molecule has 0 heterocycles. The lowest BCUT2D eigenvalue weighted by molar-refractivity contribution is 0.275. The van der Waals surface area contributed by atoms with Crippen LogP contribution in [0.3, 0.4) is 0 Å². The molecule has 0 aliphatic heterocycles. The van der Waals surface area contributed by atoms with Gasteiger partial charge in [-0.2, -0.15) is 0 Å². The van der Waals surface area contributed by atoms with Crippen LogP contribution in [0.5, 0.6) is 0 Å². The molecule has 0 spiro atoms. The van der Waals surface area contributed by atoms with Gasteiger partial charge in [0, 0.05) is 11.5 Å². The predicted molar refractivity (Wildman–Crippen MR) is 42.9 cm³/mol. The second-order valence-corrected chi connectivity index (χ2v) is 2.86. The minimum atomic E-state index is 0.924. The van der Waals surface area contributed by atoms with Gasteiger partial charge >= 0.3 is 0 Å². The molecule has 0 aromatic rings. The van der Waals surface area contributed by atoms with E-state index in [4.69, 9.17) is 16.3 Å². The molecule has 0 saturated heterocycles. The Morgan fingerprint density at radius 2 is 2.20 bits per heavy atom. The highest BCUT2D eigenvalue weighted by Gasteiger charge is 2.07. The van der Waals surface area contributed by atoms with Crippen LogP contribution >= 0.6 is 11.6 Å². The van der Waals surface area contributed by atoms with Crippen molar-refractivity contribution < 1.29 is 4.74 Å². The van der Waals surface area contributed by atoms with E-state index in [2.05, 4.69) is 0 Å². The zero-order valence-corrected chi connectivity index (χ0v) is 7.03. The van der Waals surface area contributed by atoms with E-state index < -0.39 is 0 Å². The molecule has 0 aromatic carbocycles. The molecule has 0 radical (unpaired) electrons. The first-order chi connectivity index (χ1) is 4.74. The molecule has 10 heavy (non-hydrogen) atoms. The molecular weight excluding hydrogens is 148 g/mol. The van der Waals surface area contributed by atoms with Crippen LogP contribution in [0.2, 0.25) is 0 Å². The summed E-state index contributed by atoms with van der Waals surface area (Å²) in [5, 5.41) is 0.959. The molecule has 56 valence electrons. The maximum atomic E-state index is 5.87. The van der Waals surface area contributed by atoms with E-state index in [1.165, 1.54) is 0 Å². The maximum absolute atomic E-state index is 5.87. The third-order valence-corrected chi connectivity index (χ3v) is 2.15. The van der Waals surface area contributed by atoms with Gasteiger partial charge in [-0.1, -0.05) is 11.6 Å². The van der Waals surface area contributed by atoms with Crippen molar-refractivity contribution in [2.75, 3.05) is 7.11 Å². The van der Waals surface area contributed by atoms with Crippen molar-refractivity contribution in [3.05, 3.63) is 22.4 Å². The number of rotatable bonds is 1. The van der Waals surface area contributed by atoms with Crippen LogP contribution in [0.25, 0.3) is 0 Å². The van der Waals surface area contributed by atoms with Gasteiger partial charge in [0.05, 0.1) is 12.9 Å². The molecule has 0 atom stereocenters. The zero-order chi connectivity index (χ0) is 7.56. The van der Waals surface area contributed by atoms with Crippen LogP contribution in [0, 0.1) is 0 Å². The Hall–Kier alpha value is -0.430. The van der Waals surface area contributed by atoms with Gasteiger partial charge in [-0.15, -0.1) is 0 Å². The lowest BCUT2D eigenvalue weighted by Crippen LogP contribution is -1.95. The quantitative estimate of drug-likeness (QED) is 0.570. The fraction of sp³-hybridized carbons (Fsp3) is 0.500. The summed E-state index contributed by atoms with van der Waals surface area (Å²) in [6.07, 6.45) is 3.85. The molecule has 0 N–H and O–H groups in total. The predicted octanol–water partition coefficient (Wildman–Crippen LogP) is 2.82. The van der Waals surface area contributed by atoms with Crippen molar-refractivity contribution in [3.8, 4) is 0 Å². The van der Waals surface area contributed by atoms with Crippen LogP contribution in [0.1, 0.15) is 19.8 Å². The van der Waals surface area contributed by atoms with Crippen molar-refractivity contribution in [3.63, 3.8) is 0 Å². The van der Waals surface area contributed by atoms with Crippen LogP contribution in [-0.2, 0) is 4.74 Å². The van der Waals surface area contributed by atoms with Gasteiger partial charge < -0.3 is 4.74 Å². The Balaban J connectivity index is 2.76. The fourth-order valence-electron chi connectivity index (χ4n) is 0.983. The van der Waals surface area contributed by atoms with Gasteiger partial charge in [-0.05, 0) is 25.0 Å². The first kappa shape index (κ1) is 7.67. The van der Waals surface area contributed by atoms with E-state index in [-0.39, 0.29) is 0 Å². The van der Waals surface area contributed by atoms with E-state index >= 15 is 0 Å². The van der Waals surface area contributed by atoms with Crippen molar-refractivity contribution in [1.29, 1.82) is 0 Å². The lowest BCUT2D eigenvalue weighted by Gasteiger charge is -2.12. The highest BCUT2D eigenvalue weighted by molar-refractivity contribution is 6.30. The molecule has 1 aliphatic rings. The van der Waals surface area contributed by atoms with Crippen LogP contribution < -0.4 is 0 Å². The third kappa shape index (κ3) is 1.54. The number of methoxy groups -OCH3 is 1. The average molecular weight is 159 g/mol. The Morgan fingerprint density at radius 1 is 1.50 bits per heavy atom. The van der Waals surface area contributed by atoms with Crippen LogP contribution in [0.4, 0.5) is 0 Å². The van der Waals surface area contributed by atoms with Crippen molar-refractivity contribution >= 4 is 11.6 Å². The van der Waals surface area contributed by atoms with Crippen LogP contribution in [0.15, 0.2) is 22.4 Å². The standard InChI is InChI=1S/C8H11ClO/c1-6-5-7(10-2)3-4-8(6)9/h5H,3-4H2,1-2H3. The van der Waals surface area contributed by atoms with E-state index in [1.54, 1.807) is 7.11 Å². The Labute approximate surface area is 66.3 Å². The normalized spacial score (nSPS) is 18.9. The summed E-state index contributed by atoms with van der Waals surface area (Å²) in [7, 11) is 1.69. The Bertz CT molecular complexity index is 191. The highest BCUT2D eigenvalue weighted by atomic mass is 35.5. The van der Waals surface area contributed by atoms with Gasteiger partial charge in [0.2, 0.25) is 0 Å². The second-order valence-electron chi connectivity index (χ2n) is 2.40. The topological polar surface area (TPSA) is 9.23 Å². The first-order valence-corrected chi connectivity index (χ1v) is 3.71. The van der Waals surface area contributed by atoms with Gasteiger partial charge in [-0.25, -0.2) is 0 Å². The number of halogens is 1. The molecule has 0 saturated carbocycles. The van der Waals surface area contributed by atoms with E-state index in [0.29, 0.717) is 0 Å². The van der Waals surface area contributed by atoms with Gasteiger partial charge in [0.15, 0.2) is 0 Å². The molecule has 0 aromatic heterocycles. The Morgan fingerprint density at radius 3 is 2.70 bits per heavy atom. The molecular formula is C8H11ClO. The molecule has 1 aliphatic carbocycles. The van der Waals surface area contributed by atoms with Gasteiger partial charge in [-0.3, -0.25) is 0 Å². The van der Waals surface area contributed by atoms with E-state index in [9.17, 15) is 0 Å². The molecule has 2 heteroatoms. The third-order valence-electron chi connectivity index (χ3n) is 1.66. The average Bonchev–Trinajstić information content (AvgIpc) is 1.95. The number of ether oxygens (including phenoxy) is 1. The molecule has 0 unspecified atom stereocenters. The summed E-state index contributed by atoms with van der Waals surface area (Å²) in [5.41, 5.74) is 1.13. The van der Waals surface area contributed by atoms with Crippen LogP contribution in [-0.4, -0.2) is 7.11 Å². The summed E-state index contributed by atoms with van der Waals surface area (Å²) in [4.78, 5) is 0. The molecule has 1 rings (SSSR count). The van der Waals surface area contributed by atoms with Crippen molar-refractivity contribution in [2.45, 2.75) is 19.8 Å². The fourth-order valence-corrected chi connectivity index (χ4v) is 1.13. The summed E-state index contributed by atoms with van der Waals surface area (Å²) >= 11 is 5.87. The highest BCUT2D eigenvalue weighted by Crippen LogP contribution is 2.26. The Kier molecular flexibility index (Phi) is 2.39. The van der Waals surface area contributed by atoms with E-state index in [1.807, 2.05) is 13.0 Å². The first-order valence-electron chi connectivity index (χ1n) is 3.34. The summed E-state index contributed by atoms with van der Waals surface area (Å²) in [6.45, 7) is 2.00. The molecule has 0 fully saturated rings.